The van der Waals surface area contributed by atoms with E-state index in [1.54, 1.807) is 12.1 Å². The molecule has 0 bridgehead atoms. The molecule has 1 unspecified atom stereocenters. The molecular formula is C15H22ClNO. The summed E-state index contributed by atoms with van der Waals surface area (Å²) in [6.45, 7) is 5.09. The van der Waals surface area contributed by atoms with E-state index in [1.807, 2.05) is 12.1 Å². The summed E-state index contributed by atoms with van der Waals surface area (Å²) in [4.78, 5) is 12.0. The summed E-state index contributed by atoms with van der Waals surface area (Å²) in [7, 11) is 0. The van der Waals surface area contributed by atoms with E-state index in [1.165, 1.54) is 19.3 Å². The fourth-order valence-electron chi connectivity index (χ4n) is 1.92. The maximum Gasteiger partial charge on any atom is 0.252 e. The Morgan fingerprint density at radius 1 is 1.33 bits per heavy atom. The van der Waals surface area contributed by atoms with Crippen LogP contribution in [0.4, 0.5) is 0 Å². The number of carbonyl (C=O) groups is 1. The molecule has 0 saturated carbocycles. The number of hydrogen-bond donors (Lipinski definition) is 1. The van der Waals surface area contributed by atoms with Gasteiger partial charge in [-0.25, -0.2) is 0 Å². The normalized spacial score (nSPS) is 12.2. The smallest absolute Gasteiger partial charge is 0.252 e. The predicted molar refractivity (Wildman–Crippen MR) is 77.1 cm³/mol. The van der Waals surface area contributed by atoms with E-state index >= 15 is 0 Å². The molecule has 1 N–H and O–H groups in total. The van der Waals surface area contributed by atoms with Gasteiger partial charge >= 0.3 is 0 Å². The Kier molecular flexibility index (Phi) is 6.81. The van der Waals surface area contributed by atoms with E-state index in [9.17, 15) is 4.79 Å². The van der Waals surface area contributed by atoms with Crippen molar-refractivity contribution in [3.63, 3.8) is 0 Å². The van der Waals surface area contributed by atoms with Crippen LogP contribution in [0.3, 0.4) is 0 Å². The number of amides is 1. The van der Waals surface area contributed by atoms with Crippen molar-refractivity contribution in [1.29, 1.82) is 0 Å². The second-order valence-electron chi connectivity index (χ2n) is 4.61. The van der Waals surface area contributed by atoms with Gasteiger partial charge in [0.1, 0.15) is 0 Å². The van der Waals surface area contributed by atoms with Crippen LogP contribution in [-0.4, -0.2) is 12.5 Å². The molecule has 0 aliphatic carbocycles. The van der Waals surface area contributed by atoms with Crippen molar-refractivity contribution >= 4 is 17.5 Å². The zero-order valence-corrected chi connectivity index (χ0v) is 12.0. The third-order valence-corrected chi connectivity index (χ3v) is 3.54. The molecular weight excluding hydrogens is 246 g/mol. The number of nitrogens with one attached hydrogen (secondary N) is 1. The zero-order chi connectivity index (χ0) is 13.4. The van der Waals surface area contributed by atoms with Crippen LogP contribution >= 0.6 is 11.6 Å². The summed E-state index contributed by atoms with van der Waals surface area (Å²) in [5.74, 6) is 0.493. The van der Waals surface area contributed by atoms with Gasteiger partial charge in [-0.1, -0.05) is 56.8 Å². The van der Waals surface area contributed by atoms with Crippen LogP contribution < -0.4 is 5.32 Å². The highest BCUT2D eigenvalue weighted by molar-refractivity contribution is 6.33. The summed E-state index contributed by atoms with van der Waals surface area (Å²) in [6, 6.07) is 7.15. The quantitative estimate of drug-likeness (QED) is 0.785. The first kappa shape index (κ1) is 15.0. The Labute approximate surface area is 115 Å². The lowest BCUT2D eigenvalue weighted by molar-refractivity contribution is 0.0946. The SMILES string of the molecule is CCCCC(CC)CNC(=O)c1ccccc1Cl. The summed E-state index contributed by atoms with van der Waals surface area (Å²) in [5, 5.41) is 3.49. The minimum absolute atomic E-state index is 0.0736. The van der Waals surface area contributed by atoms with Crippen molar-refractivity contribution in [3.05, 3.63) is 34.9 Å². The van der Waals surface area contributed by atoms with Crippen molar-refractivity contribution < 1.29 is 4.79 Å². The van der Waals surface area contributed by atoms with Gasteiger partial charge in [-0.15, -0.1) is 0 Å². The van der Waals surface area contributed by atoms with Gasteiger partial charge < -0.3 is 5.32 Å². The van der Waals surface area contributed by atoms with Crippen LogP contribution in [0.25, 0.3) is 0 Å². The molecule has 3 heteroatoms. The first-order valence-electron chi connectivity index (χ1n) is 6.71. The van der Waals surface area contributed by atoms with Crippen molar-refractivity contribution in [1.82, 2.24) is 5.32 Å². The number of hydrogen-bond acceptors (Lipinski definition) is 1. The maximum absolute atomic E-state index is 12.0. The molecule has 1 rings (SSSR count). The molecule has 0 fully saturated rings. The Morgan fingerprint density at radius 2 is 2.06 bits per heavy atom. The fourth-order valence-corrected chi connectivity index (χ4v) is 2.14. The van der Waals surface area contributed by atoms with Gasteiger partial charge in [-0.3, -0.25) is 4.79 Å². The zero-order valence-electron chi connectivity index (χ0n) is 11.2. The molecule has 1 atom stereocenters. The Bertz CT molecular complexity index is 379. The van der Waals surface area contributed by atoms with Gasteiger partial charge in [0.25, 0.3) is 5.91 Å². The first-order chi connectivity index (χ1) is 8.69. The van der Waals surface area contributed by atoms with Gasteiger partial charge in [-0.05, 0) is 24.5 Å². The Hall–Kier alpha value is -1.02. The number of carbonyl (C=O) groups excluding carboxylic acids is 1. The fraction of sp³-hybridized carbons (Fsp3) is 0.533. The molecule has 0 aliphatic heterocycles. The molecule has 1 aromatic carbocycles. The topological polar surface area (TPSA) is 29.1 Å². The molecule has 18 heavy (non-hydrogen) atoms. The molecule has 0 heterocycles. The predicted octanol–water partition coefficient (Wildman–Crippen LogP) is 4.29. The highest BCUT2D eigenvalue weighted by atomic mass is 35.5. The molecule has 0 radical (unpaired) electrons. The molecule has 1 amide bonds. The van der Waals surface area contributed by atoms with E-state index in [2.05, 4.69) is 19.2 Å². The lowest BCUT2D eigenvalue weighted by Crippen LogP contribution is -2.29. The van der Waals surface area contributed by atoms with Gasteiger partial charge in [0.2, 0.25) is 0 Å². The lowest BCUT2D eigenvalue weighted by Gasteiger charge is -2.15. The molecule has 1 aromatic rings. The number of rotatable bonds is 7. The molecule has 0 spiro atoms. The number of unbranched alkanes of at least 4 members (excludes halogenated alkanes) is 1. The highest BCUT2D eigenvalue weighted by Crippen LogP contribution is 2.15. The third kappa shape index (κ3) is 4.69. The van der Waals surface area contributed by atoms with Crippen molar-refractivity contribution in [2.75, 3.05) is 6.54 Å². The van der Waals surface area contributed by atoms with Crippen LogP contribution in [0, 0.1) is 5.92 Å². The van der Waals surface area contributed by atoms with Crippen LogP contribution in [0.2, 0.25) is 5.02 Å². The lowest BCUT2D eigenvalue weighted by atomic mass is 9.99. The first-order valence-corrected chi connectivity index (χ1v) is 7.09. The molecule has 0 saturated heterocycles. The number of benzene rings is 1. The van der Waals surface area contributed by atoms with E-state index < -0.39 is 0 Å². The van der Waals surface area contributed by atoms with Crippen LogP contribution in [0.5, 0.6) is 0 Å². The average Bonchev–Trinajstić information content (AvgIpc) is 2.39. The summed E-state index contributed by atoms with van der Waals surface area (Å²) >= 11 is 5.99. The van der Waals surface area contributed by atoms with Crippen molar-refractivity contribution in [2.24, 2.45) is 5.92 Å². The van der Waals surface area contributed by atoms with Crippen LogP contribution in [0.1, 0.15) is 49.9 Å². The highest BCUT2D eigenvalue weighted by Gasteiger charge is 2.11. The van der Waals surface area contributed by atoms with Crippen molar-refractivity contribution in [3.8, 4) is 0 Å². The number of halogens is 1. The molecule has 0 aromatic heterocycles. The minimum atomic E-state index is -0.0736. The largest absolute Gasteiger partial charge is 0.352 e. The van der Waals surface area contributed by atoms with E-state index in [-0.39, 0.29) is 5.91 Å². The summed E-state index contributed by atoms with van der Waals surface area (Å²) < 4.78 is 0. The van der Waals surface area contributed by atoms with E-state index in [4.69, 9.17) is 11.6 Å². The van der Waals surface area contributed by atoms with Gasteiger partial charge in [0, 0.05) is 6.54 Å². The molecule has 2 nitrogen and oxygen atoms in total. The second kappa shape index (κ2) is 8.15. The van der Waals surface area contributed by atoms with E-state index in [0.29, 0.717) is 16.5 Å². The van der Waals surface area contributed by atoms with Crippen LogP contribution in [0.15, 0.2) is 24.3 Å². The Morgan fingerprint density at radius 3 is 2.67 bits per heavy atom. The minimum Gasteiger partial charge on any atom is -0.352 e. The van der Waals surface area contributed by atoms with E-state index in [0.717, 1.165) is 13.0 Å². The maximum atomic E-state index is 12.0. The van der Waals surface area contributed by atoms with Gasteiger partial charge in [0.05, 0.1) is 10.6 Å². The van der Waals surface area contributed by atoms with Crippen LogP contribution in [-0.2, 0) is 0 Å². The second-order valence-corrected chi connectivity index (χ2v) is 5.01. The monoisotopic (exact) mass is 267 g/mol. The van der Waals surface area contributed by atoms with Gasteiger partial charge in [-0.2, -0.15) is 0 Å². The average molecular weight is 268 g/mol. The van der Waals surface area contributed by atoms with Crippen molar-refractivity contribution in [2.45, 2.75) is 39.5 Å². The summed E-state index contributed by atoms with van der Waals surface area (Å²) in [6.07, 6.45) is 4.70. The Balaban J connectivity index is 2.47. The molecule has 100 valence electrons. The molecule has 0 aliphatic rings. The summed E-state index contributed by atoms with van der Waals surface area (Å²) in [5.41, 5.74) is 0.560. The van der Waals surface area contributed by atoms with Gasteiger partial charge in [0.15, 0.2) is 0 Å². The standard InChI is InChI=1S/C15H22ClNO/c1-3-5-8-12(4-2)11-17-15(18)13-9-6-7-10-14(13)16/h6-7,9-10,12H,3-5,8,11H2,1-2H3,(H,17,18). The third-order valence-electron chi connectivity index (χ3n) is 3.21.